The molecule has 0 aliphatic rings. The van der Waals surface area contributed by atoms with E-state index in [1.54, 1.807) is 0 Å². The minimum absolute atomic E-state index is 0.0531. The van der Waals surface area contributed by atoms with Gasteiger partial charge in [0, 0.05) is 19.0 Å². The van der Waals surface area contributed by atoms with Crippen LogP contribution in [-0.2, 0) is 11.2 Å². The second-order valence-electron chi connectivity index (χ2n) is 3.30. The van der Waals surface area contributed by atoms with Crippen molar-refractivity contribution in [3.05, 3.63) is 23.0 Å². The van der Waals surface area contributed by atoms with Gasteiger partial charge in [0.15, 0.2) is 5.78 Å². The SMILES string of the molecule is CC(=O)c1[nH]c(C)cc1CCC(=O)O. The van der Waals surface area contributed by atoms with E-state index in [1.807, 2.05) is 13.0 Å². The van der Waals surface area contributed by atoms with Gasteiger partial charge in [-0.05, 0) is 25.0 Å². The van der Waals surface area contributed by atoms with Crippen LogP contribution in [0, 0.1) is 6.92 Å². The van der Waals surface area contributed by atoms with Crippen LogP contribution in [0.5, 0.6) is 0 Å². The Morgan fingerprint density at radius 2 is 2.14 bits per heavy atom. The molecule has 2 N–H and O–H groups in total. The summed E-state index contributed by atoms with van der Waals surface area (Å²) >= 11 is 0. The molecular formula is C10H13NO3. The maximum Gasteiger partial charge on any atom is 0.303 e. The molecule has 0 amide bonds. The number of H-pyrrole nitrogens is 1. The topological polar surface area (TPSA) is 70.2 Å². The van der Waals surface area contributed by atoms with Crippen molar-refractivity contribution in [2.75, 3.05) is 0 Å². The van der Waals surface area contributed by atoms with Gasteiger partial charge in [0.2, 0.25) is 0 Å². The highest BCUT2D eigenvalue weighted by Crippen LogP contribution is 2.13. The highest BCUT2D eigenvalue weighted by atomic mass is 16.4. The molecule has 14 heavy (non-hydrogen) atoms. The molecule has 0 spiro atoms. The van der Waals surface area contributed by atoms with E-state index in [-0.39, 0.29) is 12.2 Å². The van der Waals surface area contributed by atoms with Crippen molar-refractivity contribution in [2.45, 2.75) is 26.7 Å². The van der Waals surface area contributed by atoms with Gasteiger partial charge in [-0.15, -0.1) is 0 Å². The van der Waals surface area contributed by atoms with Gasteiger partial charge in [0.05, 0.1) is 5.69 Å². The first kappa shape index (κ1) is 10.5. The number of carboxylic acid groups (broad SMARTS) is 1. The Kier molecular flexibility index (Phi) is 3.06. The van der Waals surface area contributed by atoms with Crippen molar-refractivity contribution in [3.63, 3.8) is 0 Å². The third kappa shape index (κ3) is 2.45. The molecule has 1 aromatic rings. The first-order valence-electron chi connectivity index (χ1n) is 4.42. The number of ketones is 1. The molecular weight excluding hydrogens is 182 g/mol. The molecule has 4 nitrogen and oxygen atoms in total. The van der Waals surface area contributed by atoms with Gasteiger partial charge in [-0.1, -0.05) is 0 Å². The molecule has 4 heteroatoms. The van der Waals surface area contributed by atoms with Gasteiger partial charge >= 0.3 is 5.97 Å². The molecule has 1 heterocycles. The number of hydrogen-bond acceptors (Lipinski definition) is 2. The molecule has 0 saturated heterocycles. The average Bonchev–Trinajstić information content (AvgIpc) is 2.43. The highest BCUT2D eigenvalue weighted by molar-refractivity contribution is 5.94. The molecule has 0 bridgehead atoms. The fourth-order valence-electron chi connectivity index (χ4n) is 1.40. The van der Waals surface area contributed by atoms with Crippen LogP contribution in [0.4, 0.5) is 0 Å². The van der Waals surface area contributed by atoms with E-state index in [2.05, 4.69) is 4.98 Å². The Morgan fingerprint density at radius 1 is 1.50 bits per heavy atom. The lowest BCUT2D eigenvalue weighted by Gasteiger charge is -1.97. The van der Waals surface area contributed by atoms with E-state index in [0.29, 0.717) is 12.1 Å². The fourth-order valence-corrected chi connectivity index (χ4v) is 1.40. The van der Waals surface area contributed by atoms with Gasteiger partial charge in [-0.25, -0.2) is 0 Å². The van der Waals surface area contributed by atoms with Crippen LogP contribution in [-0.4, -0.2) is 21.8 Å². The number of aromatic nitrogens is 1. The lowest BCUT2D eigenvalue weighted by molar-refractivity contribution is -0.136. The Labute approximate surface area is 81.9 Å². The number of carbonyl (C=O) groups excluding carboxylic acids is 1. The quantitative estimate of drug-likeness (QED) is 0.716. The zero-order valence-electron chi connectivity index (χ0n) is 8.26. The monoisotopic (exact) mass is 195 g/mol. The van der Waals surface area contributed by atoms with Gasteiger partial charge in [0.1, 0.15) is 0 Å². The van der Waals surface area contributed by atoms with E-state index in [4.69, 9.17) is 5.11 Å². The second-order valence-corrected chi connectivity index (χ2v) is 3.30. The first-order valence-corrected chi connectivity index (χ1v) is 4.42. The molecule has 1 rings (SSSR count). The van der Waals surface area contributed by atoms with E-state index in [0.717, 1.165) is 11.3 Å². The van der Waals surface area contributed by atoms with Crippen molar-refractivity contribution in [1.29, 1.82) is 0 Å². The number of nitrogens with one attached hydrogen (secondary N) is 1. The number of aromatic amines is 1. The van der Waals surface area contributed by atoms with Crippen molar-refractivity contribution in [1.82, 2.24) is 4.98 Å². The van der Waals surface area contributed by atoms with Crippen molar-refractivity contribution < 1.29 is 14.7 Å². The number of carbonyl (C=O) groups is 2. The molecule has 0 unspecified atom stereocenters. The predicted molar refractivity (Wildman–Crippen MR) is 51.5 cm³/mol. The highest BCUT2D eigenvalue weighted by Gasteiger charge is 2.11. The van der Waals surface area contributed by atoms with E-state index < -0.39 is 5.97 Å². The summed E-state index contributed by atoms with van der Waals surface area (Å²) < 4.78 is 0. The van der Waals surface area contributed by atoms with Gasteiger partial charge in [0.25, 0.3) is 0 Å². The molecule has 0 aliphatic carbocycles. The molecule has 76 valence electrons. The van der Waals surface area contributed by atoms with E-state index >= 15 is 0 Å². The van der Waals surface area contributed by atoms with Crippen molar-refractivity contribution in [2.24, 2.45) is 0 Å². The third-order valence-electron chi connectivity index (χ3n) is 1.99. The van der Waals surface area contributed by atoms with Crippen LogP contribution in [0.25, 0.3) is 0 Å². The summed E-state index contributed by atoms with van der Waals surface area (Å²) in [5.41, 5.74) is 2.21. The molecule has 0 aromatic carbocycles. The lowest BCUT2D eigenvalue weighted by Crippen LogP contribution is -2.02. The van der Waals surface area contributed by atoms with Gasteiger partial charge in [-0.2, -0.15) is 0 Å². The maximum atomic E-state index is 11.1. The minimum Gasteiger partial charge on any atom is -0.481 e. The van der Waals surface area contributed by atoms with Crippen molar-refractivity contribution >= 4 is 11.8 Å². The van der Waals surface area contributed by atoms with E-state index in [1.165, 1.54) is 6.92 Å². The Bertz CT molecular complexity index is 365. The van der Waals surface area contributed by atoms with Gasteiger partial charge < -0.3 is 10.1 Å². The lowest BCUT2D eigenvalue weighted by atomic mass is 10.1. The maximum absolute atomic E-state index is 11.1. The van der Waals surface area contributed by atoms with Crippen LogP contribution in [0.1, 0.15) is 35.1 Å². The molecule has 0 radical (unpaired) electrons. The fraction of sp³-hybridized carbons (Fsp3) is 0.400. The molecule has 0 saturated carbocycles. The molecule has 1 aromatic heterocycles. The zero-order valence-corrected chi connectivity index (χ0v) is 8.26. The van der Waals surface area contributed by atoms with Crippen LogP contribution < -0.4 is 0 Å². The van der Waals surface area contributed by atoms with Crippen LogP contribution in [0.2, 0.25) is 0 Å². The van der Waals surface area contributed by atoms with Crippen LogP contribution >= 0.6 is 0 Å². The summed E-state index contributed by atoms with van der Waals surface area (Å²) in [4.78, 5) is 24.4. The molecule has 0 atom stereocenters. The average molecular weight is 195 g/mol. The van der Waals surface area contributed by atoms with E-state index in [9.17, 15) is 9.59 Å². The Morgan fingerprint density at radius 3 is 2.64 bits per heavy atom. The second kappa shape index (κ2) is 4.09. The third-order valence-corrected chi connectivity index (χ3v) is 1.99. The normalized spacial score (nSPS) is 10.1. The Balaban J connectivity index is 2.84. The largest absolute Gasteiger partial charge is 0.481 e. The predicted octanol–water partition coefficient (Wildman–Crippen LogP) is 1.54. The number of Topliss-reactive ketones (excluding diaryl/α,β-unsaturated/α-hetero) is 1. The standard InChI is InChI=1S/C10H13NO3/c1-6-5-8(3-4-9(13)14)10(11-6)7(2)12/h5,11H,3-4H2,1-2H3,(H,13,14). The van der Waals surface area contributed by atoms with Crippen LogP contribution in [0.3, 0.4) is 0 Å². The summed E-state index contributed by atoms with van der Waals surface area (Å²) in [6, 6.07) is 1.82. The molecule has 0 aliphatic heterocycles. The zero-order chi connectivity index (χ0) is 10.7. The van der Waals surface area contributed by atoms with Gasteiger partial charge in [-0.3, -0.25) is 9.59 Å². The smallest absolute Gasteiger partial charge is 0.303 e. The summed E-state index contributed by atoms with van der Waals surface area (Å²) in [7, 11) is 0. The number of carboxylic acids is 1. The summed E-state index contributed by atoms with van der Waals surface area (Å²) in [6.07, 6.45) is 0.451. The summed E-state index contributed by atoms with van der Waals surface area (Å²) in [5.74, 6) is -0.906. The summed E-state index contributed by atoms with van der Waals surface area (Å²) in [5, 5.41) is 8.52. The van der Waals surface area contributed by atoms with Crippen LogP contribution in [0.15, 0.2) is 6.07 Å². The number of rotatable bonds is 4. The van der Waals surface area contributed by atoms with Crippen molar-refractivity contribution in [3.8, 4) is 0 Å². The first-order chi connectivity index (χ1) is 6.50. The number of aryl methyl sites for hydroxylation is 2. The minimum atomic E-state index is -0.849. The Hall–Kier alpha value is -1.58. The summed E-state index contributed by atoms with van der Waals surface area (Å²) in [6.45, 7) is 3.31. The number of hydrogen-bond donors (Lipinski definition) is 2. The number of aliphatic carboxylic acids is 1. The molecule has 0 fully saturated rings.